The van der Waals surface area contributed by atoms with E-state index in [-0.39, 0.29) is 11.6 Å². The molecule has 1 aliphatic heterocycles. The van der Waals surface area contributed by atoms with Crippen molar-refractivity contribution in [3.63, 3.8) is 0 Å². The molecule has 5 rings (SSSR count). The lowest BCUT2D eigenvalue weighted by molar-refractivity contribution is 0.104. The Kier molecular flexibility index (Phi) is 5.74. The number of amides is 1. The molecule has 2 heterocycles. The summed E-state index contributed by atoms with van der Waals surface area (Å²) in [5, 5.41) is 4.68. The molecule has 0 N–H and O–H groups in total. The normalized spacial score (nSPS) is 13.4. The third-order valence-corrected chi connectivity index (χ3v) is 5.50. The Morgan fingerprint density at radius 3 is 2.47 bits per heavy atom. The number of nitrogens with zero attached hydrogens (tertiary/aromatic N) is 3. The summed E-state index contributed by atoms with van der Waals surface area (Å²) < 4.78 is 20.2. The van der Waals surface area contributed by atoms with Gasteiger partial charge < -0.3 is 4.74 Å². The molecule has 1 aromatic heterocycles. The van der Waals surface area contributed by atoms with Crippen LogP contribution in [0.1, 0.15) is 15.9 Å². The van der Waals surface area contributed by atoms with Crippen molar-refractivity contribution in [2.45, 2.75) is 0 Å². The van der Waals surface area contributed by atoms with Gasteiger partial charge in [-0.2, -0.15) is 5.10 Å². The molecule has 0 radical (unpaired) electrons. The van der Waals surface area contributed by atoms with E-state index in [1.165, 1.54) is 23.1 Å². The van der Waals surface area contributed by atoms with E-state index in [1.807, 2.05) is 36.5 Å². The average molecular weight is 453 g/mol. The lowest BCUT2D eigenvalue weighted by atomic mass is 10.1. The molecule has 0 saturated carbocycles. The minimum atomic E-state index is -0.419. The molecule has 0 aliphatic carbocycles. The summed E-state index contributed by atoms with van der Waals surface area (Å²) in [6.07, 6.45) is 4.58. The lowest BCUT2D eigenvalue weighted by Gasteiger charge is -2.13. The molecule has 1 fully saturated rings. The molecule has 4 aromatic rings. The Morgan fingerprint density at radius 2 is 1.74 bits per heavy atom. The largest absolute Gasteiger partial charge is 0.447 e. The molecule has 0 atom stereocenters. The number of carbonyl (C=O) groups excluding carboxylic acids is 2. The van der Waals surface area contributed by atoms with Crippen LogP contribution in [0.4, 0.5) is 14.9 Å². The van der Waals surface area contributed by atoms with Gasteiger partial charge in [-0.3, -0.25) is 9.69 Å². The molecule has 0 bridgehead atoms. The van der Waals surface area contributed by atoms with Crippen molar-refractivity contribution in [3.05, 3.63) is 108 Å². The number of allylic oxidation sites excluding steroid dienone is 1. The Hall–Kier alpha value is -4.52. The van der Waals surface area contributed by atoms with Gasteiger partial charge in [0.15, 0.2) is 5.78 Å². The zero-order valence-electron chi connectivity index (χ0n) is 18.1. The molecule has 7 heteroatoms. The van der Waals surface area contributed by atoms with Crippen molar-refractivity contribution in [2.75, 3.05) is 18.1 Å². The van der Waals surface area contributed by atoms with Crippen LogP contribution in [0.3, 0.4) is 0 Å². The van der Waals surface area contributed by atoms with Crippen LogP contribution in [-0.4, -0.2) is 34.8 Å². The number of para-hydroxylation sites is 1. The van der Waals surface area contributed by atoms with Crippen molar-refractivity contribution in [3.8, 4) is 16.9 Å². The van der Waals surface area contributed by atoms with Crippen LogP contribution in [0.5, 0.6) is 0 Å². The van der Waals surface area contributed by atoms with Gasteiger partial charge in [0.2, 0.25) is 0 Å². The molecule has 1 saturated heterocycles. The predicted molar refractivity (Wildman–Crippen MR) is 127 cm³/mol. The lowest BCUT2D eigenvalue weighted by Crippen LogP contribution is -2.23. The number of ether oxygens (including phenoxy) is 1. The van der Waals surface area contributed by atoms with Crippen LogP contribution in [0.2, 0.25) is 0 Å². The molecule has 1 aliphatic rings. The van der Waals surface area contributed by atoms with Crippen LogP contribution in [0, 0.1) is 5.82 Å². The zero-order chi connectivity index (χ0) is 23.5. The first-order valence-electron chi connectivity index (χ1n) is 10.8. The van der Waals surface area contributed by atoms with Gasteiger partial charge in [0.05, 0.1) is 17.9 Å². The number of rotatable bonds is 6. The minimum Gasteiger partial charge on any atom is -0.447 e. The van der Waals surface area contributed by atoms with Gasteiger partial charge in [-0.15, -0.1) is 0 Å². The molecule has 168 valence electrons. The van der Waals surface area contributed by atoms with E-state index in [1.54, 1.807) is 47.2 Å². The highest BCUT2D eigenvalue weighted by Crippen LogP contribution is 2.26. The fraction of sp³-hybridized carbons (Fsp3) is 0.0741. The number of benzene rings is 3. The summed E-state index contributed by atoms with van der Waals surface area (Å²) in [5.74, 6) is -0.549. The van der Waals surface area contributed by atoms with Gasteiger partial charge in [0.1, 0.15) is 12.4 Å². The van der Waals surface area contributed by atoms with E-state index in [2.05, 4.69) is 5.10 Å². The first-order chi connectivity index (χ1) is 16.6. The van der Waals surface area contributed by atoms with E-state index >= 15 is 0 Å². The number of cyclic esters (lactones) is 1. The first kappa shape index (κ1) is 21.3. The van der Waals surface area contributed by atoms with Crippen molar-refractivity contribution >= 4 is 23.6 Å². The molecular weight excluding hydrogens is 433 g/mol. The summed E-state index contributed by atoms with van der Waals surface area (Å²) >= 11 is 0. The van der Waals surface area contributed by atoms with Gasteiger partial charge in [0.25, 0.3) is 0 Å². The summed E-state index contributed by atoms with van der Waals surface area (Å²) in [6.45, 7) is 0.778. The van der Waals surface area contributed by atoms with E-state index in [0.29, 0.717) is 35.7 Å². The van der Waals surface area contributed by atoms with Crippen molar-refractivity contribution < 1.29 is 18.7 Å². The number of ketones is 1. The van der Waals surface area contributed by atoms with E-state index in [4.69, 9.17) is 4.74 Å². The Balaban J connectivity index is 1.47. The highest BCUT2D eigenvalue weighted by molar-refractivity contribution is 6.08. The number of halogens is 1. The van der Waals surface area contributed by atoms with Crippen LogP contribution in [-0.2, 0) is 4.74 Å². The number of hydrogen-bond acceptors (Lipinski definition) is 4. The number of aromatic nitrogens is 2. The maximum Gasteiger partial charge on any atom is 0.414 e. The van der Waals surface area contributed by atoms with Gasteiger partial charge in [0, 0.05) is 28.6 Å². The summed E-state index contributed by atoms with van der Waals surface area (Å²) in [5.41, 5.74) is 4.00. The highest BCUT2D eigenvalue weighted by atomic mass is 19.1. The third-order valence-electron chi connectivity index (χ3n) is 5.50. The average Bonchev–Trinajstić information content (AvgIpc) is 3.50. The zero-order valence-corrected chi connectivity index (χ0v) is 18.1. The van der Waals surface area contributed by atoms with E-state index in [0.717, 1.165) is 11.3 Å². The Labute approximate surface area is 195 Å². The van der Waals surface area contributed by atoms with Gasteiger partial charge in [-0.05, 0) is 60.7 Å². The summed E-state index contributed by atoms with van der Waals surface area (Å²) in [6, 6.07) is 22.5. The summed E-state index contributed by atoms with van der Waals surface area (Å²) in [7, 11) is 0. The number of anilines is 1. The highest BCUT2D eigenvalue weighted by Gasteiger charge is 2.24. The SMILES string of the molecule is O=C(/C=C/c1cn(-c2ccccc2)nc1-c1ccc(F)cc1)c1cccc(N2CCOC2=O)c1. The topological polar surface area (TPSA) is 64.4 Å². The standard InChI is InChI=1S/C27H20FN3O3/c28-22-12-9-19(10-13-22)26-21(18-31(29-26)23-6-2-1-3-7-23)11-14-25(32)20-5-4-8-24(17-20)30-15-16-34-27(30)33/h1-14,17-18H,15-16H2/b14-11+. The van der Waals surface area contributed by atoms with Gasteiger partial charge in [-0.25, -0.2) is 13.9 Å². The second-order valence-corrected chi connectivity index (χ2v) is 7.73. The van der Waals surface area contributed by atoms with Crippen LogP contribution >= 0.6 is 0 Å². The molecular formula is C27H20FN3O3. The van der Waals surface area contributed by atoms with Crippen LogP contribution in [0.25, 0.3) is 23.0 Å². The van der Waals surface area contributed by atoms with Crippen LogP contribution in [0.15, 0.2) is 91.1 Å². The maximum atomic E-state index is 13.5. The Bertz CT molecular complexity index is 1380. The van der Waals surface area contributed by atoms with Crippen LogP contribution < -0.4 is 4.90 Å². The van der Waals surface area contributed by atoms with E-state index in [9.17, 15) is 14.0 Å². The molecule has 6 nitrogen and oxygen atoms in total. The number of carbonyl (C=O) groups is 2. The van der Waals surface area contributed by atoms with Crippen molar-refractivity contribution in [1.82, 2.24) is 9.78 Å². The second-order valence-electron chi connectivity index (χ2n) is 7.73. The van der Waals surface area contributed by atoms with Gasteiger partial charge >= 0.3 is 6.09 Å². The van der Waals surface area contributed by atoms with Crippen molar-refractivity contribution in [1.29, 1.82) is 0 Å². The molecule has 0 spiro atoms. The quantitative estimate of drug-likeness (QED) is 0.284. The van der Waals surface area contributed by atoms with E-state index < -0.39 is 6.09 Å². The smallest absolute Gasteiger partial charge is 0.414 e. The fourth-order valence-corrected chi connectivity index (χ4v) is 3.77. The third kappa shape index (κ3) is 4.36. The molecule has 3 aromatic carbocycles. The molecule has 1 amide bonds. The fourth-order valence-electron chi connectivity index (χ4n) is 3.77. The monoisotopic (exact) mass is 453 g/mol. The Morgan fingerprint density at radius 1 is 0.971 bits per heavy atom. The first-order valence-corrected chi connectivity index (χ1v) is 10.8. The maximum absolute atomic E-state index is 13.5. The minimum absolute atomic E-state index is 0.216. The summed E-state index contributed by atoms with van der Waals surface area (Å²) in [4.78, 5) is 26.3. The number of hydrogen-bond donors (Lipinski definition) is 0. The van der Waals surface area contributed by atoms with Gasteiger partial charge in [-0.1, -0.05) is 30.3 Å². The second kappa shape index (κ2) is 9.15. The molecule has 0 unspecified atom stereocenters. The predicted octanol–water partition coefficient (Wildman–Crippen LogP) is 5.53. The molecule has 34 heavy (non-hydrogen) atoms. The van der Waals surface area contributed by atoms with Crippen molar-refractivity contribution in [2.24, 2.45) is 0 Å².